The van der Waals surface area contributed by atoms with Crippen LogP contribution in [0.5, 0.6) is 11.5 Å². The summed E-state index contributed by atoms with van der Waals surface area (Å²) in [7, 11) is 0. The van der Waals surface area contributed by atoms with Crippen molar-refractivity contribution >= 4 is 23.5 Å². The summed E-state index contributed by atoms with van der Waals surface area (Å²) in [4.78, 5) is 26.1. The third-order valence-corrected chi connectivity index (χ3v) is 4.34. The van der Waals surface area contributed by atoms with Crippen LogP contribution in [0.25, 0.3) is 0 Å². The molecule has 6 nitrogen and oxygen atoms in total. The van der Waals surface area contributed by atoms with Gasteiger partial charge in [0.2, 0.25) is 0 Å². The lowest BCUT2D eigenvalue weighted by atomic mass is 10.1. The van der Waals surface area contributed by atoms with Gasteiger partial charge >= 0.3 is 5.97 Å². The molecule has 0 saturated carbocycles. The molecule has 27 heavy (non-hydrogen) atoms. The summed E-state index contributed by atoms with van der Waals surface area (Å²) in [6.07, 6.45) is 0. The first-order valence-corrected chi connectivity index (χ1v) is 9.03. The summed E-state index contributed by atoms with van der Waals surface area (Å²) >= 11 is 5.86. The van der Waals surface area contributed by atoms with Gasteiger partial charge in [0.1, 0.15) is 13.2 Å². The van der Waals surface area contributed by atoms with Gasteiger partial charge in [-0.05, 0) is 42.8 Å². The third-order valence-electron chi connectivity index (χ3n) is 4.10. The maximum atomic E-state index is 12.4. The van der Waals surface area contributed by atoms with Crippen molar-refractivity contribution < 1.29 is 23.8 Å². The molecular formula is C20H20ClNO5. The summed E-state index contributed by atoms with van der Waals surface area (Å²) in [5.74, 6) is 0.522. The van der Waals surface area contributed by atoms with Crippen molar-refractivity contribution in [3.63, 3.8) is 0 Å². The van der Waals surface area contributed by atoms with E-state index >= 15 is 0 Å². The van der Waals surface area contributed by atoms with Crippen LogP contribution in [-0.4, -0.2) is 43.1 Å². The van der Waals surface area contributed by atoms with Gasteiger partial charge in [-0.2, -0.15) is 0 Å². The van der Waals surface area contributed by atoms with E-state index in [9.17, 15) is 9.59 Å². The molecule has 1 aliphatic rings. The van der Waals surface area contributed by atoms with Crippen LogP contribution in [0.15, 0.2) is 42.5 Å². The molecule has 0 fully saturated rings. The molecule has 0 atom stereocenters. The highest BCUT2D eigenvalue weighted by molar-refractivity contribution is 6.30. The molecule has 3 rings (SSSR count). The molecule has 0 saturated heterocycles. The highest BCUT2D eigenvalue weighted by Crippen LogP contribution is 2.31. The van der Waals surface area contributed by atoms with Gasteiger partial charge in [0.25, 0.3) is 5.91 Å². The maximum absolute atomic E-state index is 12.4. The van der Waals surface area contributed by atoms with Crippen LogP contribution in [0.1, 0.15) is 22.8 Å². The zero-order valence-electron chi connectivity index (χ0n) is 14.9. The summed E-state index contributed by atoms with van der Waals surface area (Å²) in [5.41, 5.74) is 1.22. The van der Waals surface area contributed by atoms with Crippen LogP contribution >= 0.6 is 11.6 Å². The Kier molecular flexibility index (Phi) is 6.19. The number of benzene rings is 2. The minimum absolute atomic E-state index is 0.275. The van der Waals surface area contributed by atoms with E-state index in [2.05, 4.69) is 0 Å². The monoisotopic (exact) mass is 389 g/mol. The van der Waals surface area contributed by atoms with Crippen molar-refractivity contribution in [3.8, 4) is 11.5 Å². The Labute approximate surface area is 162 Å². The second-order valence-electron chi connectivity index (χ2n) is 5.97. The molecule has 0 bridgehead atoms. The second kappa shape index (κ2) is 8.77. The van der Waals surface area contributed by atoms with E-state index in [1.165, 1.54) is 6.07 Å². The standard InChI is InChI=1S/C20H20ClNO5/c1-2-22(12-14-6-7-17-18(10-14)26-9-8-25-17)19(23)13-27-20(24)15-4-3-5-16(21)11-15/h3-7,10-11H,2,8-9,12-13H2,1H3. The van der Waals surface area contributed by atoms with Crippen LogP contribution in [-0.2, 0) is 16.1 Å². The lowest BCUT2D eigenvalue weighted by Crippen LogP contribution is -2.34. The number of carbonyl (C=O) groups excluding carboxylic acids is 2. The van der Waals surface area contributed by atoms with Crippen LogP contribution in [0.4, 0.5) is 0 Å². The van der Waals surface area contributed by atoms with E-state index in [0.717, 1.165) is 5.56 Å². The second-order valence-corrected chi connectivity index (χ2v) is 6.41. The predicted octanol–water partition coefficient (Wildman–Crippen LogP) is 3.32. The lowest BCUT2D eigenvalue weighted by molar-refractivity contribution is -0.134. The van der Waals surface area contributed by atoms with Crippen molar-refractivity contribution in [1.82, 2.24) is 4.90 Å². The minimum Gasteiger partial charge on any atom is -0.486 e. The van der Waals surface area contributed by atoms with Crippen LogP contribution in [0, 0.1) is 0 Å². The van der Waals surface area contributed by atoms with Crippen molar-refractivity contribution in [3.05, 3.63) is 58.6 Å². The fourth-order valence-electron chi connectivity index (χ4n) is 2.70. The number of nitrogens with zero attached hydrogens (tertiary/aromatic N) is 1. The number of likely N-dealkylation sites (N-methyl/N-ethyl adjacent to an activating group) is 1. The van der Waals surface area contributed by atoms with E-state index in [4.69, 9.17) is 25.8 Å². The van der Waals surface area contributed by atoms with Gasteiger partial charge in [-0.3, -0.25) is 4.79 Å². The fourth-order valence-corrected chi connectivity index (χ4v) is 2.89. The Morgan fingerprint density at radius 2 is 1.89 bits per heavy atom. The molecule has 142 valence electrons. The minimum atomic E-state index is -0.582. The highest BCUT2D eigenvalue weighted by Gasteiger charge is 2.18. The molecule has 7 heteroatoms. The third kappa shape index (κ3) is 4.92. The first-order chi connectivity index (χ1) is 13.1. The number of rotatable bonds is 6. The van der Waals surface area contributed by atoms with Crippen molar-refractivity contribution in [2.75, 3.05) is 26.4 Å². The first-order valence-electron chi connectivity index (χ1n) is 8.66. The SMILES string of the molecule is CCN(Cc1ccc2c(c1)OCCO2)C(=O)COC(=O)c1cccc(Cl)c1. The van der Waals surface area contributed by atoms with E-state index in [0.29, 0.717) is 48.4 Å². The molecular weight excluding hydrogens is 370 g/mol. The number of carbonyl (C=O) groups is 2. The normalized spacial score (nSPS) is 12.4. The highest BCUT2D eigenvalue weighted by atomic mass is 35.5. The Hall–Kier alpha value is -2.73. The molecule has 0 aromatic heterocycles. The van der Waals surface area contributed by atoms with Gasteiger partial charge in [-0.15, -0.1) is 0 Å². The Morgan fingerprint density at radius 3 is 2.63 bits per heavy atom. The van der Waals surface area contributed by atoms with E-state index in [-0.39, 0.29) is 12.5 Å². The molecule has 0 unspecified atom stereocenters. The zero-order chi connectivity index (χ0) is 19.2. The van der Waals surface area contributed by atoms with Crippen LogP contribution < -0.4 is 9.47 Å². The molecule has 0 N–H and O–H groups in total. The van der Waals surface area contributed by atoms with Crippen molar-refractivity contribution in [1.29, 1.82) is 0 Å². The molecule has 0 aliphatic carbocycles. The average Bonchev–Trinajstić information content (AvgIpc) is 2.69. The zero-order valence-corrected chi connectivity index (χ0v) is 15.7. The van der Waals surface area contributed by atoms with E-state index < -0.39 is 5.97 Å². The largest absolute Gasteiger partial charge is 0.486 e. The average molecular weight is 390 g/mol. The van der Waals surface area contributed by atoms with Gasteiger partial charge in [0.15, 0.2) is 18.1 Å². The summed E-state index contributed by atoms with van der Waals surface area (Å²) in [6.45, 7) is 3.46. The number of fused-ring (bicyclic) bond motifs is 1. The van der Waals surface area contributed by atoms with E-state index in [1.54, 1.807) is 23.1 Å². The van der Waals surface area contributed by atoms with E-state index in [1.807, 2.05) is 25.1 Å². The molecule has 1 heterocycles. The number of halogens is 1. The first kappa shape index (κ1) is 19.0. The summed E-state index contributed by atoms with van der Waals surface area (Å²) in [6, 6.07) is 12.0. The molecule has 2 aromatic rings. The number of esters is 1. The van der Waals surface area contributed by atoms with Gasteiger partial charge in [0, 0.05) is 18.1 Å². The van der Waals surface area contributed by atoms with Crippen molar-refractivity contribution in [2.45, 2.75) is 13.5 Å². The number of hydrogen-bond donors (Lipinski definition) is 0. The molecule has 1 aliphatic heterocycles. The Morgan fingerprint density at radius 1 is 1.11 bits per heavy atom. The predicted molar refractivity (Wildman–Crippen MR) is 100 cm³/mol. The van der Waals surface area contributed by atoms with Crippen molar-refractivity contribution in [2.24, 2.45) is 0 Å². The molecule has 0 radical (unpaired) electrons. The molecule has 2 aromatic carbocycles. The van der Waals surface area contributed by atoms with Crippen LogP contribution in [0.3, 0.4) is 0 Å². The van der Waals surface area contributed by atoms with Crippen LogP contribution in [0.2, 0.25) is 5.02 Å². The van der Waals surface area contributed by atoms with Gasteiger partial charge in [-0.25, -0.2) is 4.79 Å². The Bertz CT molecular complexity index is 839. The number of hydrogen-bond acceptors (Lipinski definition) is 5. The van der Waals surface area contributed by atoms with Gasteiger partial charge in [0.05, 0.1) is 5.56 Å². The molecule has 0 spiro atoms. The number of ether oxygens (including phenoxy) is 3. The topological polar surface area (TPSA) is 65.1 Å². The quantitative estimate of drug-likeness (QED) is 0.709. The summed E-state index contributed by atoms with van der Waals surface area (Å²) < 4.78 is 16.2. The van der Waals surface area contributed by atoms with Gasteiger partial charge in [-0.1, -0.05) is 23.7 Å². The Balaban J connectivity index is 1.58. The van der Waals surface area contributed by atoms with Gasteiger partial charge < -0.3 is 19.1 Å². The fraction of sp³-hybridized carbons (Fsp3) is 0.300. The molecule has 1 amide bonds. The lowest BCUT2D eigenvalue weighted by Gasteiger charge is -2.23. The maximum Gasteiger partial charge on any atom is 0.338 e. The smallest absolute Gasteiger partial charge is 0.338 e. The number of amides is 1. The summed E-state index contributed by atoms with van der Waals surface area (Å²) in [5, 5.41) is 0.435.